The predicted molar refractivity (Wildman–Crippen MR) is 88.2 cm³/mol. The third-order valence-corrected chi connectivity index (χ3v) is 4.01. The van der Waals surface area contributed by atoms with Crippen molar-refractivity contribution in [2.45, 2.75) is 0 Å². The topological polar surface area (TPSA) is 77.8 Å². The Hall–Kier alpha value is -2.93. The SMILES string of the molecule is COc1c2ccoc2cc2occ(/C=N/c3cscn3)c(=O)c12. The summed E-state index contributed by atoms with van der Waals surface area (Å²) in [7, 11) is 1.51. The van der Waals surface area contributed by atoms with Gasteiger partial charge in [-0.2, -0.15) is 0 Å². The summed E-state index contributed by atoms with van der Waals surface area (Å²) in [4.78, 5) is 21.0. The minimum atomic E-state index is -0.217. The van der Waals surface area contributed by atoms with Crippen LogP contribution in [0, 0.1) is 0 Å². The van der Waals surface area contributed by atoms with E-state index in [1.807, 2.05) is 0 Å². The molecule has 3 aromatic heterocycles. The van der Waals surface area contributed by atoms with Gasteiger partial charge in [-0.25, -0.2) is 9.98 Å². The Morgan fingerprint density at radius 3 is 3.04 bits per heavy atom. The summed E-state index contributed by atoms with van der Waals surface area (Å²) in [5.41, 5.74) is 2.78. The molecule has 23 heavy (non-hydrogen) atoms. The fraction of sp³-hybridized carbons (Fsp3) is 0.0625. The number of nitrogens with zero attached hydrogens (tertiary/aromatic N) is 2. The van der Waals surface area contributed by atoms with Gasteiger partial charge in [0, 0.05) is 17.7 Å². The smallest absolute Gasteiger partial charge is 0.205 e. The van der Waals surface area contributed by atoms with Crippen LogP contribution in [-0.4, -0.2) is 18.3 Å². The number of hydrogen-bond donors (Lipinski definition) is 0. The summed E-state index contributed by atoms with van der Waals surface area (Å²) >= 11 is 1.43. The summed E-state index contributed by atoms with van der Waals surface area (Å²) in [5.74, 6) is 0.982. The summed E-state index contributed by atoms with van der Waals surface area (Å²) in [6.07, 6.45) is 4.36. The summed E-state index contributed by atoms with van der Waals surface area (Å²) < 4.78 is 16.3. The molecule has 7 heteroatoms. The number of aliphatic imine (C=N–C) groups is 1. The molecule has 0 fully saturated rings. The Balaban J connectivity index is 1.96. The van der Waals surface area contributed by atoms with E-state index in [-0.39, 0.29) is 5.43 Å². The van der Waals surface area contributed by atoms with Gasteiger partial charge in [-0.15, -0.1) is 11.3 Å². The number of ether oxygens (including phenoxy) is 1. The van der Waals surface area contributed by atoms with E-state index in [0.29, 0.717) is 33.7 Å². The van der Waals surface area contributed by atoms with Crippen LogP contribution in [-0.2, 0) is 0 Å². The summed E-state index contributed by atoms with van der Waals surface area (Å²) in [6, 6.07) is 3.43. The summed E-state index contributed by atoms with van der Waals surface area (Å²) in [5, 5.41) is 2.87. The van der Waals surface area contributed by atoms with Crippen LogP contribution in [0.1, 0.15) is 5.56 Å². The van der Waals surface area contributed by atoms with E-state index in [2.05, 4.69) is 9.98 Å². The van der Waals surface area contributed by atoms with Crippen LogP contribution < -0.4 is 10.2 Å². The van der Waals surface area contributed by atoms with Gasteiger partial charge in [0.2, 0.25) is 5.43 Å². The highest BCUT2D eigenvalue weighted by Gasteiger charge is 2.16. The lowest BCUT2D eigenvalue weighted by atomic mass is 10.1. The van der Waals surface area contributed by atoms with Crippen molar-refractivity contribution < 1.29 is 13.6 Å². The first-order chi connectivity index (χ1) is 11.3. The number of thiazole rings is 1. The van der Waals surface area contributed by atoms with Crippen LogP contribution >= 0.6 is 11.3 Å². The van der Waals surface area contributed by atoms with E-state index in [1.54, 1.807) is 29.3 Å². The van der Waals surface area contributed by atoms with Crippen molar-refractivity contribution in [2.75, 3.05) is 7.11 Å². The van der Waals surface area contributed by atoms with Gasteiger partial charge in [0.05, 0.1) is 29.8 Å². The maximum absolute atomic E-state index is 12.8. The average molecular weight is 326 g/mol. The molecular formula is C16H10N2O4S. The highest BCUT2D eigenvalue weighted by atomic mass is 32.1. The molecular weight excluding hydrogens is 316 g/mol. The number of hydrogen-bond acceptors (Lipinski definition) is 7. The number of fused-ring (bicyclic) bond motifs is 2. The molecule has 0 amide bonds. The van der Waals surface area contributed by atoms with Gasteiger partial charge in [0.15, 0.2) is 5.82 Å². The van der Waals surface area contributed by atoms with Crippen LogP contribution in [0.25, 0.3) is 21.9 Å². The quantitative estimate of drug-likeness (QED) is 0.536. The molecule has 0 aliphatic heterocycles. The van der Waals surface area contributed by atoms with Crippen molar-refractivity contribution in [1.29, 1.82) is 0 Å². The Morgan fingerprint density at radius 1 is 1.35 bits per heavy atom. The van der Waals surface area contributed by atoms with Crippen LogP contribution in [0.15, 0.2) is 54.2 Å². The zero-order valence-corrected chi connectivity index (χ0v) is 12.8. The molecule has 0 saturated carbocycles. The monoisotopic (exact) mass is 326 g/mol. The second-order valence-corrected chi connectivity index (χ2v) is 5.46. The third kappa shape index (κ3) is 2.22. The number of benzene rings is 1. The molecule has 0 aliphatic rings. The molecule has 3 heterocycles. The maximum Gasteiger partial charge on any atom is 0.205 e. The minimum absolute atomic E-state index is 0.217. The van der Waals surface area contributed by atoms with Crippen LogP contribution in [0.5, 0.6) is 5.75 Å². The fourth-order valence-corrected chi connectivity index (χ4v) is 2.87. The lowest BCUT2D eigenvalue weighted by Gasteiger charge is -2.06. The van der Waals surface area contributed by atoms with Crippen molar-refractivity contribution in [1.82, 2.24) is 4.98 Å². The van der Waals surface area contributed by atoms with E-state index in [0.717, 1.165) is 5.39 Å². The molecule has 0 unspecified atom stereocenters. The van der Waals surface area contributed by atoms with Crippen LogP contribution in [0.2, 0.25) is 0 Å². The first-order valence-corrected chi connectivity index (χ1v) is 7.64. The van der Waals surface area contributed by atoms with Gasteiger partial charge < -0.3 is 13.6 Å². The third-order valence-electron chi connectivity index (χ3n) is 3.44. The van der Waals surface area contributed by atoms with Gasteiger partial charge in [-0.1, -0.05) is 0 Å². The van der Waals surface area contributed by atoms with Crippen LogP contribution in [0.4, 0.5) is 5.82 Å². The second kappa shape index (κ2) is 5.36. The number of furan rings is 1. The first kappa shape index (κ1) is 13.7. The first-order valence-electron chi connectivity index (χ1n) is 6.70. The molecule has 0 bridgehead atoms. The molecule has 4 rings (SSSR count). The molecule has 4 aromatic rings. The van der Waals surface area contributed by atoms with Crippen LogP contribution in [0.3, 0.4) is 0 Å². The molecule has 0 aliphatic carbocycles. The van der Waals surface area contributed by atoms with E-state index in [1.165, 1.54) is 30.9 Å². The van der Waals surface area contributed by atoms with Gasteiger partial charge >= 0.3 is 0 Å². The fourth-order valence-electron chi connectivity index (χ4n) is 2.40. The summed E-state index contributed by atoms with van der Waals surface area (Å²) in [6.45, 7) is 0. The van der Waals surface area contributed by atoms with Gasteiger partial charge in [0.25, 0.3) is 0 Å². The maximum atomic E-state index is 12.8. The Bertz CT molecular complexity index is 1080. The highest BCUT2D eigenvalue weighted by molar-refractivity contribution is 7.07. The predicted octanol–water partition coefficient (Wildman–Crippen LogP) is 3.75. The van der Waals surface area contributed by atoms with Crippen molar-refractivity contribution in [3.63, 3.8) is 0 Å². The molecule has 114 valence electrons. The molecule has 1 aromatic carbocycles. The van der Waals surface area contributed by atoms with Gasteiger partial charge in [-0.05, 0) is 6.07 Å². The largest absolute Gasteiger partial charge is 0.495 e. The normalized spacial score (nSPS) is 11.7. The van der Waals surface area contributed by atoms with Crippen molar-refractivity contribution in [3.8, 4) is 5.75 Å². The Labute approximate surface area is 133 Å². The lowest BCUT2D eigenvalue weighted by Crippen LogP contribution is -2.09. The molecule has 0 atom stereocenters. The molecule has 0 saturated heterocycles. The van der Waals surface area contributed by atoms with E-state index >= 15 is 0 Å². The number of methoxy groups -OCH3 is 1. The zero-order chi connectivity index (χ0) is 15.8. The van der Waals surface area contributed by atoms with Gasteiger partial charge in [0.1, 0.15) is 28.6 Å². The average Bonchev–Trinajstić information content (AvgIpc) is 3.23. The van der Waals surface area contributed by atoms with Crippen molar-refractivity contribution >= 4 is 45.3 Å². The minimum Gasteiger partial charge on any atom is -0.495 e. The van der Waals surface area contributed by atoms with Gasteiger partial charge in [-0.3, -0.25) is 4.79 Å². The Morgan fingerprint density at radius 2 is 2.26 bits per heavy atom. The molecule has 0 radical (unpaired) electrons. The highest BCUT2D eigenvalue weighted by Crippen LogP contribution is 2.33. The van der Waals surface area contributed by atoms with Crippen molar-refractivity contribution in [3.05, 3.63) is 51.3 Å². The lowest BCUT2D eigenvalue weighted by molar-refractivity contribution is 0.423. The second-order valence-electron chi connectivity index (χ2n) is 4.74. The standard InChI is InChI=1S/C16H10N2O4S/c1-20-16-10-2-3-21-11(10)4-12-14(16)15(19)9(6-22-12)5-17-13-7-23-8-18-13/h2-8H,1H3/b17-5+. The molecule has 0 N–H and O–H groups in total. The zero-order valence-electron chi connectivity index (χ0n) is 12.0. The van der Waals surface area contributed by atoms with Crippen molar-refractivity contribution in [2.24, 2.45) is 4.99 Å². The molecule has 6 nitrogen and oxygen atoms in total. The van der Waals surface area contributed by atoms with E-state index in [4.69, 9.17) is 13.6 Å². The molecule has 0 spiro atoms. The van der Waals surface area contributed by atoms with E-state index < -0.39 is 0 Å². The number of rotatable bonds is 3. The van der Waals surface area contributed by atoms with E-state index in [9.17, 15) is 4.79 Å². The Kier molecular flexibility index (Phi) is 3.20. The number of aromatic nitrogens is 1.